The van der Waals surface area contributed by atoms with Crippen molar-refractivity contribution >= 4 is 60.4 Å². The van der Waals surface area contributed by atoms with Crippen LogP contribution in [0.3, 0.4) is 0 Å². The Morgan fingerprint density at radius 1 is 1.03 bits per heavy atom. The number of hydrogen-bond acceptors (Lipinski definition) is 4. The molecule has 0 spiro atoms. The van der Waals surface area contributed by atoms with E-state index in [1.807, 2.05) is 24.3 Å². The highest BCUT2D eigenvalue weighted by Crippen LogP contribution is 2.36. The fourth-order valence-electron chi connectivity index (χ4n) is 3.45. The summed E-state index contributed by atoms with van der Waals surface area (Å²) in [6.45, 7) is 0.0615. The van der Waals surface area contributed by atoms with Crippen molar-refractivity contribution < 1.29 is 18.3 Å². The maximum atomic E-state index is 13.2. The van der Waals surface area contributed by atoms with Gasteiger partial charge >= 0.3 is 0 Å². The third kappa shape index (κ3) is 4.67. The van der Waals surface area contributed by atoms with Gasteiger partial charge < -0.3 is 10.4 Å². The monoisotopic (exact) mass is 532 g/mol. The lowest BCUT2D eigenvalue weighted by atomic mass is 10.0. The van der Waals surface area contributed by atoms with Crippen molar-refractivity contribution in [1.29, 1.82) is 0 Å². The van der Waals surface area contributed by atoms with Crippen molar-refractivity contribution in [3.05, 3.63) is 99.2 Å². The van der Waals surface area contributed by atoms with E-state index in [9.17, 15) is 18.3 Å². The van der Waals surface area contributed by atoms with Crippen LogP contribution < -0.4 is 9.62 Å². The molecular formula is C23H18BrClN2O4S. The largest absolute Gasteiger partial charge is 0.510 e. The smallest absolute Gasteiger partial charge is 0.259 e. The van der Waals surface area contributed by atoms with Crippen molar-refractivity contribution in [2.24, 2.45) is 0 Å². The molecule has 0 radical (unpaired) electrons. The lowest BCUT2D eigenvalue weighted by Gasteiger charge is -2.24. The number of aliphatic hydroxyl groups excluding tert-OH is 1. The maximum Gasteiger partial charge on any atom is 0.259 e. The van der Waals surface area contributed by atoms with Gasteiger partial charge in [-0.1, -0.05) is 57.9 Å². The Morgan fingerprint density at radius 3 is 2.38 bits per heavy atom. The molecule has 1 amide bonds. The van der Waals surface area contributed by atoms with Gasteiger partial charge in [-0.3, -0.25) is 9.10 Å². The first-order valence-corrected chi connectivity index (χ1v) is 12.4. The lowest BCUT2D eigenvalue weighted by molar-refractivity contribution is -0.111. The second-order valence-electron chi connectivity index (χ2n) is 7.19. The number of carbonyl (C=O) groups is 1. The molecule has 0 fully saturated rings. The predicted octanol–water partition coefficient (Wildman–Crippen LogP) is 5.36. The summed E-state index contributed by atoms with van der Waals surface area (Å²) >= 11 is 9.27. The Hall–Kier alpha value is -2.81. The van der Waals surface area contributed by atoms with Gasteiger partial charge in [0, 0.05) is 20.7 Å². The molecule has 3 aromatic rings. The normalized spacial score (nSPS) is 15.1. The fraction of sp³-hybridized carbons (Fsp3) is 0.0870. The van der Waals surface area contributed by atoms with Gasteiger partial charge in [0.15, 0.2) is 0 Å². The number of fused-ring (bicyclic) bond motifs is 1. The van der Waals surface area contributed by atoms with Gasteiger partial charge in [-0.2, -0.15) is 0 Å². The molecule has 0 saturated carbocycles. The second kappa shape index (κ2) is 8.97. The summed E-state index contributed by atoms with van der Waals surface area (Å²) in [7, 11) is -3.96. The van der Waals surface area contributed by atoms with Crippen LogP contribution in [0.25, 0.3) is 5.57 Å². The van der Waals surface area contributed by atoms with Crippen molar-refractivity contribution in [3.63, 3.8) is 0 Å². The molecule has 4 rings (SSSR count). The first-order chi connectivity index (χ1) is 15.2. The number of nitrogens with zero attached hydrogens (tertiary/aromatic N) is 1. The van der Waals surface area contributed by atoms with Gasteiger partial charge in [0.1, 0.15) is 11.5 Å². The summed E-state index contributed by atoms with van der Waals surface area (Å²) < 4.78 is 28.5. The topological polar surface area (TPSA) is 86.7 Å². The van der Waals surface area contributed by atoms with E-state index < -0.39 is 27.4 Å². The van der Waals surface area contributed by atoms with Gasteiger partial charge in [0.05, 0.1) is 17.8 Å². The Kier molecular flexibility index (Phi) is 6.28. The van der Waals surface area contributed by atoms with Gasteiger partial charge in [0.25, 0.3) is 5.91 Å². The third-order valence-corrected chi connectivity index (χ3v) is 7.37. The molecule has 0 aliphatic carbocycles. The number of hydrogen-bond donors (Lipinski definition) is 2. The minimum Gasteiger partial charge on any atom is -0.510 e. The van der Waals surface area contributed by atoms with Gasteiger partial charge in [-0.15, -0.1) is 0 Å². The highest BCUT2D eigenvalue weighted by atomic mass is 79.9. The number of benzene rings is 3. The number of amides is 1. The molecule has 6 nitrogen and oxygen atoms in total. The Balaban J connectivity index is 1.76. The number of rotatable bonds is 4. The quantitative estimate of drug-likeness (QED) is 0.473. The van der Waals surface area contributed by atoms with Crippen LogP contribution in [0.2, 0.25) is 5.02 Å². The van der Waals surface area contributed by atoms with Crippen LogP contribution in [0.5, 0.6) is 0 Å². The highest BCUT2D eigenvalue weighted by Gasteiger charge is 2.34. The van der Waals surface area contributed by atoms with Crippen LogP contribution in [0.4, 0.5) is 11.4 Å². The first kappa shape index (κ1) is 22.4. The molecule has 2 N–H and O–H groups in total. The predicted molar refractivity (Wildman–Crippen MR) is 130 cm³/mol. The number of aliphatic hydroxyl groups is 1. The summed E-state index contributed by atoms with van der Waals surface area (Å²) in [5.41, 5.74) is 1.80. The Labute approximate surface area is 199 Å². The lowest BCUT2D eigenvalue weighted by Crippen LogP contribution is -2.32. The summed E-state index contributed by atoms with van der Waals surface area (Å²) in [5.74, 6) is -1.82. The van der Waals surface area contributed by atoms with Crippen LogP contribution >= 0.6 is 27.5 Å². The molecule has 0 saturated heterocycles. The first-order valence-electron chi connectivity index (χ1n) is 9.58. The summed E-state index contributed by atoms with van der Waals surface area (Å²) in [6, 6.07) is 20.4. The fourth-order valence-corrected chi connectivity index (χ4v) is 5.29. The van der Waals surface area contributed by atoms with Crippen molar-refractivity contribution in [1.82, 2.24) is 0 Å². The summed E-state index contributed by atoms with van der Waals surface area (Å²) in [5, 5.41) is 13.9. The number of carbonyl (C=O) groups excluding carboxylic acids is 1. The molecule has 0 bridgehead atoms. The number of sulfonamides is 1. The number of nitrogens with one attached hydrogen (secondary N) is 1. The molecule has 1 aliphatic heterocycles. The maximum absolute atomic E-state index is 13.2. The Bertz CT molecular complexity index is 1310. The standard InChI is InChI=1S/C23H18BrClN2O4S/c24-16-7-5-15(6-8-16)13-27-20-4-2-1-3-19(20)22(21(28)14-32(27,30)31)23(29)26-18-11-9-17(25)10-12-18/h1-12,28H,13-14H2,(H,26,29). The minimum absolute atomic E-state index is 0.0615. The zero-order chi connectivity index (χ0) is 22.9. The van der Waals surface area contributed by atoms with Crippen molar-refractivity contribution in [2.75, 3.05) is 15.4 Å². The van der Waals surface area contributed by atoms with Gasteiger partial charge in [-0.25, -0.2) is 8.42 Å². The SMILES string of the molecule is O=C(Nc1ccc(Cl)cc1)C1=C(O)CS(=O)(=O)N(Cc2ccc(Br)cc2)c2ccccc21. The molecule has 3 aromatic carbocycles. The molecule has 1 heterocycles. The van der Waals surface area contributed by atoms with Crippen LogP contribution in [0, 0.1) is 0 Å². The highest BCUT2D eigenvalue weighted by molar-refractivity contribution is 9.10. The number of halogens is 2. The van der Waals surface area contributed by atoms with Crippen molar-refractivity contribution in [3.8, 4) is 0 Å². The molecule has 0 aromatic heterocycles. The average molecular weight is 534 g/mol. The van der Waals surface area contributed by atoms with E-state index in [-0.39, 0.29) is 12.1 Å². The van der Waals surface area contributed by atoms with E-state index in [1.165, 1.54) is 4.31 Å². The van der Waals surface area contributed by atoms with E-state index in [0.717, 1.165) is 10.0 Å². The zero-order valence-corrected chi connectivity index (χ0v) is 19.8. The molecule has 0 unspecified atom stereocenters. The van der Waals surface area contributed by atoms with E-state index in [2.05, 4.69) is 21.2 Å². The molecule has 0 atom stereocenters. The van der Waals surface area contributed by atoms with Gasteiger partial charge in [0.2, 0.25) is 10.0 Å². The second-order valence-corrected chi connectivity index (χ2v) is 10.4. The van der Waals surface area contributed by atoms with Crippen LogP contribution in [0.15, 0.2) is 83.0 Å². The van der Waals surface area contributed by atoms with Crippen LogP contribution in [-0.2, 0) is 21.4 Å². The van der Waals surface area contributed by atoms with Crippen molar-refractivity contribution in [2.45, 2.75) is 6.54 Å². The average Bonchev–Trinajstić information content (AvgIpc) is 2.83. The summed E-state index contributed by atoms with van der Waals surface area (Å²) in [6.07, 6.45) is 0. The van der Waals surface area contributed by atoms with E-state index >= 15 is 0 Å². The summed E-state index contributed by atoms with van der Waals surface area (Å²) in [4.78, 5) is 13.1. The van der Waals surface area contributed by atoms with Crippen LogP contribution in [-0.4, -0.2) is 25.2 Å². The zero-order valence-electron chi connectivity index (χ0n) is 16.6. The molecule has 1 aliphatic rings. The minimum atomic E-state index is -3.96. The third-order valence-electron chi connectivity index (χ3n) is 4.95. The van der Waals surface area contributed by atoms with Gasteiger partial charge in [-0.05, 0) is 48.0 Å². The Morgan fingerprint density at radius 2 is 1.69 bits per heavy atom. The van der Waals surface area contributed by atoms with E-state index in [4.69, 9.17) is 11.6 Å². The number of para-hydroxylation sites is 1. The molecule has 32 heavy (non-hydrogen) atoms. The molecular weight excluding hydrogens is 516 g/mol. The van der Waals surface area contributed by atoms with E-state index in [1.54, 1.807) is 48.5 Å². The molecule has 9 heteroatoms. The number of anilines is 2. The van der Waals surface area contributed by atoms with E-state index in [0.29, 0.717) is 22.0 Å². The van der Waals surface area contributed by atoms with Crippen LogP contribution in [0.1, 0.15) is 11.1 Å². The molecule has 164 valence electrons.